The highest BCUT2D eigenvalue weighted by atomic mass is 32.2. The number of piperidine rings is 1. The Hall–Kier alpha value is -0.420. The van der Waals surface area contributed by atoms with Gasteiger partial charge in [-0.15, -0.1) is 0 Å². The van der Waals surface area contributed by atoms with E-state index in [1.807, 2.05) is 7.05 Å². The predicted molar refractivity (Wildman–Crippen MR) is 98.9 cm³/mol. The third-order valence-electron chi connectivity index (χ3n) is 5.03. The number of hydrogen-bond acceptors (Lipinski definition) is 3. The van der Waals surface area contributed by atoms with Gasteiger partial charge in [0.15, 0.2) is 5.96 Å². The fourth-order valence-corrected chi connectivity index (χ4v) is 4.71. The molecule has 128 valence electrons. The smallest absolute Gasteiger partial charge is 0.191 e. The molecule has 0 aromatic rings. The first-order valence-corrected chi connectivity index (χ1v) is 9.83. The van der Waals surface area contributed by atoms with Crippen molar-refractivity contribution in [3.63, 3.8) is 0 Å². The Morgan fingerprint density at radius 3 is 2.86 bits per heavy atom. The van der Waals surface area contributed by atoms with Crippen LogP contribution < -0.4 is 10.6 Å². The van der Waals surface area contributed by atoms with Crippen molar-refractivity contribution in [1.82, 2.24) is 15.5 Å². The Kier molecular flexibility index (Phi) is 6.87. The first-order chi connectivity index (χ1) is 10.5. The highest BCUT2D eigenvalue weighted by Crippen LogP contribution is 2.36. The third kappa shape index (κ3) is 5.34. The van der Waals surface area contributed by atoms with E-state index >= 15 is 0 Å². The van der Waals surface area contributed by atoms with Crippen LogP contribution in [0.1, 0.15) is 46.5 Å². The van der Waals surface area contributed by atoms with Crippen LogP contribution in [0.4, 0.5) is 0 Å². The van der Waals surface area contributed by atoms with Crippen LogP contribution in [0.5, 0.6) is 0 Å². The van der Waals surface area contributed by atoms with Crippen molar-refractivity contribution in [3.8, 4) is 0 Å². The molecule has 0 radical (unpaired) electrons. The number of nitrogens with one attached hydrogen (secondary N) is 2. The topological polar surface area (TPSA) is 39.7 Å². The first kappa shape index (κ1) is 17.9. The molecule has 0 spiro atoms. The van der Waals surface area contributed by atoms with Gasteiger partial charge in [-0.05, 0) is 57.7 Å². The lowest BCUT2D eigenvalue weighted by Crippen LogP contribution is -2.50. The average molecular weight is 327 g/mol. The Morgan fingerprint density at radius 1 is 1.41 bits per heavy atom. The van der Waals surface area contributed by atoms with Crippen molar-refractivity contribution in [2.24, 2.45) is 10.9 Å². The average Bonchev–Trinajstić information content (AvgIpc) is 2.94. The molecule has 0 bridgehead atoms. The maximum absolute atomic E-state index is 4.38. The van der Waals surface area contributed by atoms with Crippen LogP contribution in [-0.2, 0) is 0 Å². The van der Waals surface area contributed by atoms with Gasteiger partial charge in [0.05, 0.1) is 0 Å². The SMILES string of the molecule is CN=C(NCC(C)N1CCCC(C)C1)NCC1(C)CCCS1. The van der Waals surface area contributed by atoms with E-state index in [2.05, 4.69) is 53.1 Å². The molecule has 5 heteroatoms. The summed E-state index contributed by atoms with van der Waals surface area (Å²) in [6.45, 7) is 11.5. The molecule has 2 rings (SSSR count). The summed E-state index contributed by atoms with van der Waals surface area (Å²) in [5.74, 6) is 3.09. The summed E-state index contributed by atoms with van der Waals surface area (Å²) in [6, 6.07) is 0.567. The minimum atomic E-state index is 0.380. The molecule has 2 heterocycles. The van der Waals surface area contributed by atoms with E-state index in [1.54, 1.807) is 0 Å². The molecule has 0 saturated carbocycles. The lowest BCUT2D eigenvalue weighted by atomic mass is 9.99. The molecule has 2 N–H and O–H groups in total. The van der Waals surface area contributed by atoms with Gasteiger partial charge in [0.1, 0.15) is 0 Å². The molecule has 0 aromatic heterocycles. The zero-order chi connectivity index (χ0) is 16.0. The maximum Gasteiger partial charge on any atom is 0.191 e. The summed E-state index contributed by atoms with van der Waals surface area (Å²) in [6.07, 6.45) is 5.38. The second-order valence-corrected chi connectivity index (χ2v) is 8.98. The van der Waals surface area contributed by atoms with Crippen LogP contribution in [0.25, 0.3) is 0 Å². The Labute approximate surface area is 140 Å². The summed E-state index contributed by atoms with van der Waals surface area (Å²) >= 11 is 2.09. The summed E-state index contributed by atoms with van der Waals surface area (Å²) in [7, 11) is 1.87. The Morgan fingerprint density at radius 2 is 2.23 bits per heavy atom. The molecule has 2 aliphatic heterocycles. The lowest BCUT2D eigenvalue weighted by Gasteiger charge is -2.36. The molecule has 0 amide bonds. The van der Waals surface area contributed by atoms with Gasteiger partial charge in [0.25, 0.3) is 0 Å². The first-order valence-electron chi connectivity index (χ1n) is 8.85. The van der Waals surface area contributed by atoms with Crippen molar-refractivity contribution in [1.29, 1.82) is 0 Å². The second-order valence-electron chi connectivity index (χ2n) is 7.30. The van der Waals surface area contributed by atoms with Gasteiger partial charge in [-0.1, -0.05) is 6.92 Å². The van der Waals surface area contributed by atoms with Crippen molar-refractivity contribution >= 4 is 17.7 Å². The molecule has 0 aromatic carbocycles. The van der Waals surface area contributed by atoms with E-state index < -0.39 is 0 Å². The fourth-order valence-electron chi connectivity index (χ4n) is 3.47. The zero-order valence-electron chi connectivity index (χ0n) is 14.8. The predicted octanol–water partition coefficient (Wildman–Crippen LogP) is 2.56. The number of thioether (sulfide) groups is 1. The largest absolute Gasteiger partial charge is 0.355 e. The standard InChI is InChI=1S/C17H34N4S/c1-14-7-5-9-21(12-14)15(2)11-19-16(18-4)20-13-17(3)8-6-10-22-17/h14-15H,5-13H2,1-4H3,(H2,18,19,20). The van der Waals surface area contributed by atoms with Crippen LogP contribution in [-0.4, -0.2) is 60.6 Å². The van der Waals surface area contributed by atoms with Gasteiger partial charge in [-0.2, -0.15) is 11.8 Å². The minimum Gasteiger partial charge on any atom is -0.355 e. The molecule has 3 atom stereocenters. The van der Waals surface area contributed by atoms with Gasteiger partial charge < -0.3 is 10.6 Å². The van der Waals surface area contributed by atoms with Gasteiger partial charge in [-0.3, -0.25) is 9.89 Å². The molecule has 0 aliphatic carbocycles. The van der Waals surface area contributed by atoms with Crippen molar-refractivity contribution < 1.29 is 0 Å². The van der Waals surface area contributed by atoms with Crippen LogP contribution in [0, 0.1) is 5.92 Å². The summed E-state index contributed by atoms with van der Waals surface area (Å²) in [4.78, 5) is 6.99. The van der Waals surface area contributed by atoms with Crippen LogP contribution >= 0.6 is 11.8 Å². The normalized spacial score (nSPS) is 32.0. The number of hydrogen-bond donors (Lipinski definition) is 2. The van der Waals surface area contributed by atoms with Crippen molar-refractivity contribution in [2.75, 3.05) is 39.0 Å². The van der Waals surface area contributed by atoms with E-state index in [4.69, 9.17) is 0 Å². The fraction of sp³-hybridized carbons (Fsp3) is 0.941. The number of likely N-dealkylation sites (tertiary alicyclic amines) is 1. The van der Waals surface area contributed by atoms with Crippen LogP contribution in [0.15, 0.2) is 4.99 Å². The zero-order valence-corrected chi connectivity index (χ0v) is 15.6. The molecule has 2 fully saturated rings. The Balaban J connectivity index is 1.71. The van der Waals surface area contributed by atoms with Gasteiger partial charge >= 0.3 is 0 Å². The van der Waals surface area contributed by atoms with E-state index in [0.29, 0.717) is 10.8 Å². The van der Waals surface area contributed by atoms with E-state index in [1.165, 1.54) is 44.5 Å². The molecule has 22 heavy (non-hydrogen) atoms. The van der Waals surface area contributed by atoms with Crippen molar-refractivity contribution in [2.45, 2.75) is 57.2 Å². The maximum atomic E-state index is 4.38. The molecule has 4 nitrogen and oxygen atoms in total. The summed E-state index contributed by atoms with van der Waals surface area (Å²) in [5, 5.41) is 7.03. The van der Waals surface area contributed by atoms with E-state index in [-0.39, 0.29) is 0 Å². The number of guanidine groups is 1. The summed E-state index contributed by atoms with van der Waals surface area (Å²) in [5.41, 5.74) is 0. The molecule has 2 saturated heterocycles. The van der Waals surface area contributed by atoms with Crippen LogP contribution in [0.3, 0.4) is 0 Å². The molecule has 3 unspecified atom stereocenters. The highest BCUT2D eigenvalue weighted by Gasteiger charge is 2.29. The number of aliphatic imine (C=N–C) groups is 1. The number of rotatable bonds is 5. The third-order valence-corrected chi connectivity index (χ3v) is 6.57. The van der Waals surface area contributed by atoms with Gasteiger partial charge in [0, 0.05) is 37.5 Å². The second kappa shape index (κ2) is 8.44. The monoisotopic (exact) mass is 326 g/mol. The minimum absolute atomic E-state index is 0.380. The Bertz CT molecular complexity index is 366. The quantitative estimate of drug-likeness (QED) is 0.602. The molecule has 2 aliphatic rings. The highest BCUT2D eigenvalue weighted by molar-refractivity contribution is 8.00. The van der Waals surface area contributed by atoms with Crippen molar-refractivity contribution in [3.05, 3.63) is 0 Å². The number of nitrogens with zero attached hydrogens (tertiary/aromatic N) is 2. The molecular formula is C17H34N4S. The summed E-state index contributed by atoms with van der Waals surface area (Å²) < 4.78 is 0.380. The van der Waals surface area contributed by atoms with E-state index in [0.717, 1.165) is 25.0 Å². The molecular weight excluding hydrogens is 292 g/mol. The van der Waals surface area contributed by atoms with Crippen LogP contribution in [0.2, 0.25) is 0 Å². The van der Waals surface area contributed by atoms with E-state index in [9.17, 15) is 0 Å². The van der Waals surface area contributed by atoms with Gasteiger partial charge in [0.2, 0.25) is 0 Å². The lowest BCUT2D eigenvalue weighted by molar-refractivity contribution is 0.139. The van der Waals surface area contributed by atoms with Gasteiger partial charge in [-0.25, -0.2) is 0 Å².